The first kappa shape index (κ1) is 19.2. The maximum atomic E-state index is 5.90. The van der Waals surface area contributed by atoms with Gasteiger partial charge in [0.25, 0.3) is 0 Å². The van der Waals surface area contributed by atoms with Gasteiger partial charge in [0.15, 0.2) is 17.3 Å². The van der Waals surface area contributed by atoms with Crippen LogP contribution < -0.4 is 14.8 Å². The van der Waals surface area contributed by atoms with Gasteiger partial charge in [0.2, 0.25) is 5.89 Å². The molecule has 0 aliphatic heterocycles. The SMILES string of the molecule is COc1cc(CNCCc2nc(C)no2)ccc1OCc1ccc(Cl)cc1. The van der Waals surface area contributed by atoms with Crippen molar-refractivity contribution in [3.05, 3.63) is 70.3 Å². The Balaban J connectivity index is 1.51. The molecule has 0 fully saturated rings. The molecule has 0 atom stereocenters. The first-order chi connectivity index (χ1) is 13.1. The Labute approximate surface area is 163 Å². The number of aromatic nitrogens is 2. The minimum absolute atomic E-state index is 0.453. The van der Waals surface area contributed by atoms with Gasteiger partial charge in [-0.25, -0.2) is 0 Å². The van der Waals surface area contributed by atoms with Gasteiger partial charge in [0.05, 0.1) is 7.11 Å². The standard InChI is InChI=1S/C20H22ClN3O3/c1-14-23-20(27-24-14)9-10-22-12-16-5-8-18(19(11-16)25-2)26-13-15-3-6-17(21)7-4-15/h3-8,11,22H,9-10,12-13H2,1-2H3. The lowest BCUT2D eigenvalue weighted by molar-refractivity contribution is 0.284. The molecule has 0 radical (unpaired) electrons. The maximum Gasteiger partial charge on any atom is 0.227 e. The van der Waals surface area contributed by atoms with Crippen LogP contribution >= 0.6 is 11.6 Å². The summed E-state index contributed by atoms with van der Waals surface area (Å²) in [6.45, 7) is 3.72. The number of rotatable bonds is 9. The predicted molar refractivity (Wildman–Crippen MR) is 103 cm³/mol. The van der Waals surface area contributed by atoms with Gasteiger partial charge in [0, 0.05) is 24.5 Å². The zero-order valence-corrected chi connectivity index (χ0v) is 16.1. The quantitative estimate of drug-likeness (QED) is 0.560. The molecule has 7 heteroatoms. The van der Waals surface area contributed by atoms with E-state index in [0.29, 0.717) is 47.8 Å². The normalized spacial score (nSPS) is 10.8. The molecule has 1 N–H and O–H groups in total. The molecule has 0 bridgehead atoms. The maximum absolute atomic E-state index is 5.90. The Morgan fingerprint density at radius 3 is 2.56 bits per heavy atom. The van der Waals surface area contributed by atoms with Crippen molar-refractivity contribution < 1.29 is 14.0 Å². The van der Waals surface area contributed by atoms with Gasteiger partial charge < -0.3 is 19.3 Å². The largest absolute Gasteiger partial charge is 0.493 e. The van der Waals surface area contributed by atoms with Crippen molar-refractivity contribution in [2.24, 2.45) is 0 Å². The lowest BCUT2D eigenvalue weighted by Crippen LogP contribution is -2.16. The molecule has 0 amide bonds. The molecule has 0 saturated heterocycles. The average molecular weight is 388 g/mol. The van der Waals surface area contributed by atoms with E-state index in [4.69, 9.17) is 25.6 Å². The van der Waals surface area contributed by atoms with Crippen LogP contribution in [0.1, 0.15) is 22.8 Å². The molecule has 0 aliphatic rings. The predicted octanol–water partition coefficient (Wildman–Crippen LogP) is 3.95. The van der Waals surface area contributed by atoms with Gasteiger partial charge in [-0.3, -0.25) is 0 Å². The van der Waals surface area contributed by atoms with Gasteiger partial charge in [-0.1, -0.05) is 35.0 Å². The van der Waals surface area contributed by atoms with Crippen LogP contribution in [0.15, 0.2) is 47.0 Å². The van der Waals surface area contributed by atoms with E-state index in [1.165, 1.54) is 0 Å². The topological polar surface area (TPSA) is 69.4 Å². The van der Waals surface area contributed by atoms with E-state index in [1.54, 1.807) is 7.11 Å². The third-order valence-corrected chi connectivity index (χ3v) is 4.20. The van der Waals surface area contributed by atoms with Crippen molar-refractivity contribution in [3.8, 4) is 11.5 Å². The highest BCUT2D eigenvalue weighted by Crippen LogP contribution is 2.29. The number of halogens is 1. The molecule has 3 rings (SSSR count). The summed E-state index contributed by atoms with van der Waals surface area (Å²) in [4.78, 5) is 4.18. The van der Waals surface area contributed by atoms with Crippen LogP contribution in [-0.4, -0.2) is 23.8 Å². The number of benzene rings is 2. The molecule has 0 aliphatic carbocycles. The second-order valence-electron chi connectivity index (χ2n) is 6.06. The van der Waals surface area contributed by atoms with Gasteiger partial charge in [-0.05, 0) is 42.3 Å². The monoisotopic (exact) mass is 387 g/mol. The van der Waals surface area contributed by atoms with E-state index in [9.17, 15) is 0 Å². The van der Waals surface area contributed by atoms with Crippen LogP contribution in [-0.2, 0) is 19.6 Å². The van der Waals surface area contributed by atoms with Crippen LogP contribution in [0.4, 0.5) is 0 Å². The molecule has 2 aromatic carbocycles. The molecule has 6 nitrogen and oxygen atoms in total. The fraction of sp³-hybridized carbons (Fsp3) is 0.300. The molecular formula is C20H22ClN3O3. The number of ether oxygens (including phenoxy) is 2. The van der Waals surface area contributed by atoms with Crippen LogP contribution in [0.3, 0.4) is 0 Å². The zero-order valence-electron chi connectivity index (χ0n) is 15.4. The second kappa shape index (κ2) is 9.39. The van der Waals surface area contributed by atoms with Gasteiger partial charge in [-0.15, -0.1) is 0 Å². The third kappa shape index (κ3) is 5.70. The second-order valence-corrected chi connectivity index (χ2v) is 6.50. The smallest absolute Gasteiger partial charge is 0.227 e. The van der Waals surface area contributed by atoms with E-state index in [-0.39, 0.29) is 0 Å². The fourth-order valence-electron chi connectivity index (χ4n) is 2.55. The molecule has 0 spiro atoms. The van der Waals surface area contributed by atoms with Crippen LogP contribution in [0.2, 0.25) is 5.02 Å². The van der Waals surface area contributed by atoms with Crippen molar-refractivity contribution >= 4 is 11.6 Å². The Kier molecular flexibility index (Phi) is 6.68. The summed E-state index contributed by atoms with van der Waals surface area (Å²) >= 11 is 5.90. The van der Waals surface area contributed by atoms with Crippen molar-refractivity contribution in [1.82, 2.24) is 15.5 Å². The first-order valence-corrected chi connectivity index (χ1v) is 9.06. The summed E-state index contributed by atoms with van der Waals surface area (Å²) in [6, 6.07) is 13.5. The number of methoxy groups -OCH3 is 1. The minimum Gasteiger partial charge on any atom is -0.493 e. The minimum atomic E-state index is 0.453. The summed E-state index contributed by atoms with van der Waals surface area (Å²) < 4.78 is 16.4. The molecule has 1 aromatic heterocycles. The Bertz CT molecular complexity index is 865. The fourth-order valence-corrected chi connectivity index (χ4v) is 2.68. The summed E-state index contributed by atoms with van der Waals surface area (Å²) in [7, 11) is 1.64. The molecule has 0 saturated carbocycles. The summed E-state index contributed by atoms with van der Waals surface area (Å²) in [5, 5.41) is 7.85. The summed E-state index contributed by atoms with van der Waals surface area (Å²) in [5.41, 5.74) is 2.15. The highest BCUT2D eigenvalue weighted by molar-refractivity contribution is 6.30. The van der Waals surface area contributed by atoms with Crippen molar-refractivity contribution in [3.63, 3.8) is 0 Å². The number of nitrogens with one attached hydrogen (secondary N) is 1. The number of hydrogen-bond acceptors (Lipinski definition) is 6. The highest BCUT2D eigenvalue weighted by atomic mass is 35.5. The van der Waals surface area contributed by atoms with Gasteiger partial charge in [0.1, 0.15) is 6.61 Å². The van der Waals surface area contributed by atoms with E-state index in [1.807, 2.05) is 49.4 Å². The van der Waals surface area contributed by atoms with Crippen molar-refractivity contribution in [2.45, 2.75) is 26.5 Å². The van der Waals surface area contributed by atoms with Crippen LogP contribution in [0.5, 0.6) is 11.5 Å². The Morgan fingerprint density at radius 2 is 1.85 bits per heavy atom. The first-order valence-electron chi connectivity index (χ1n) is 8.68. The Hall–Kier alpha value is -2.57. The molecule has 142 valence electrons. The molecule has 3 aromatic rings. The summed E-state index contributed by atoms with van der Waals surface area (Å²) in [5.74, 6) is 2.71. The van der Waals surface area contributed by atoms with Crippen LogP contribution in [0.25, 0.3) is 0 Å². The van der Waals surface area contributed by atoms with E-state index >= 15 is 0 Å². The lowest BCUT2D eigenvalue weighted by atomic mass is 10.2. The Morgan fingerprint density at radius 1 is 1.07 bits per heavy atom. The molecular weight excluding hydrogens is 366 g/mol. The van der Waals surface area contributed by atoms with Crippen LogP contribution in [0, 0.1) is 6.92 Å². The van der Waals surface area contributed by atoms with Gasteiger partial charge in [-0.2, -0.15) is 4.98 Å². The molecule has 27 heavy (non-hydrogen) atoms. The average Bonchev–Trinajstić information content (AvgIpc) is 3.10. The van der Waals surface area contributed by atoms with E-state index in [0.717, 1.165) is 17.7 Å². The molecule has 1 heterocycles. The van der Waals surface area contributed by atoms with Gasteiger partial charge >= 0.3 is 0 Å². The summed E-state index contributed by atoms with van der Waals surface area (Å²) in [6.07, 6.45) is 0.695. The zero-order chi connectivity index (χ0) is 19.1. The number of aryl methyl sites for hydroxylation is 1. The van der Waals surface area contributed by atoms with Crippen molar-refractivity contribution in [1.29, 1.82) is 0 Å². The van der Waals surface area contributed by atoms with E-state index in [2.05, 4.69) is 15.5 Å². The van der Waals surface area contributed by atoms with E-state index < -0.39 is 0 Å². The van der Waals surface area contributed by atoms with Crippen molar-refractivity contribution in [2.75, 3.05) is 13.7 Å². The lowest BCUT2D eigenvalue weighted by Gasteiger charge is -2.13. The number of nitrogens with zero attached hydrogens (tertiary/aromatic N) is 2. The third-order valence-electron chi connectivity index (χ3n) is 3.95. The highest BCUT2D eigenvalue weighted by Gasteiger charge is 2.07. The molecule has 0 unspecified atom stereocenters. The number of hydrogen-bond donors (Lipinski definition) is 1.